The van der Waals surface area contributed by atoms with Crippen LogP contribution in [0.2, 0.25) is 0 Å². The zero-order valence-electron chi connectivity index (χ0n) is 21.7. The Morgan fingerprint density at radius 1 is 1.17 bits per heavy atom. The van der Waals surface area contributed by atoms with Crippen LogP contribution in [0.4, 0.5) is 9.93 Å². The number of unbranched alkanes of at least 4 members (excludes halogenated alkanes) is 1. The molecule has 1 aliphatic rings. The lowest BCUT2D eigenvalue weighted by molar-refractivity contribution is 0.0292. The number of urea groups is 1. The van der Waals surface area contributed by atoms with Gasteiger partial charge in [-0.05, 0) is 48.6 Å². The van der Waals surface area contributed by atoms with Crippen LogP contribution in [0.5, 0.6) is 5.19 Å². The maximum atomic E-state index is 13.8. The maximum Gasteiger partial charge on any atom is 0.340 e. The lowest BCUT2D eigenvalue weighted by Gasteiger charge is -2.37. The minimum Gasteiger partial charge on any atom is -0.469 e. The van der Waals surface area contributed by atoms with Crippen molar-refractivity contribution in [2.24, 2.45) is 0 Å². The van der Waals surface area contributed by atoms with E-state index in [0.29, 0.717) is 41.8 Å². The highest BCUT2D eigenvalue weighted by Gasteiger charge is 2.50. The summed E-state index contributed by atoms with van der Waals surface area (Å²) in [6.45, 7) is 8.82. The quantitative estimate of drug-likeness (QED) is 0.195. The molecule has 8 nitrogen and oxygen atoms in total. The Morgan fingerprint density at radius 3 is 2.53 bits per heavy atom. The van der Waals surface area contributed by atoms with Gasteiger partial charge in [-0.25, -0.2) is 14.5 Å². The molecule has 2 heterocycles. The molecular weight excluding hydrogens is 476 g/mol. The molecule has 0 bridgehead atoms. The molecule has 2 aromatic rings. The predicted molar refractivity (Wildman–Crippen MR) is 141 cm³/mol. The van der Waals surface area contributed by atoms with E-state index in [1.54, 1.807) is 17.0 Å². The first-order valence-electron chi connectivity index (χ1n) is 12.8. The van der Waals surface area contributed by atoms with Crippen molar-refractivity contribution in [2.45, 2.75) is 84.4 Å². The van der Waals surface area contributed by atoms with Gasteiger partial charge < -0.3 is 14.4 Å². The second-order valence-corrected chi connectivity index (χ2v) is 9.78. The zero-order chi connectivity index (χ0) is 26.1. The van der Waals surface area contributed by atoms with E-state index in [1.807, 2.05) is 32.9 Å². The van der Waals surface area contributed by atoms with E-state index >= 15 is 0 Å². The highest BCUT2D eigenvalue weighted by molar-refractivity contribution is 7.17. The van der Waals surface area contributed by atoms with Crippen molar-refractivity contribution in [3.8, 4) is 17.5 Å². The Morgan fingerprint density at radius 2 is 1.89 bits per heavy atom. The number of ether oxygens (including phenoxy) is 2. The maximum absolute atomic E-state index is 13.8. The highest BCUT2D eigenvalue weighted by atomic mass is 32.1. The van der Waals surface area contributed by atoms with Crippen LogP contribution in [0, 0.1) is 12.3 Å². The number of aromatic nitrogens is 2. The van der Waals surface area contributed by atoms with Gasteiger partial charge in [-0.2, -0.15) is 0 Å². The van der Waals surface area contributed by atoms with E-state index in [0.717, 1.165) is 42.6 Å². The Hall–Kier alpha value is -3.12. The summed E-state index contributed by atoms with van der Waals surface area (Å²) >= 11 is 1.16. The van der Waals surface area contributed by atoms with E-state index in [4.69, 9.17) is 15.9 Å². The van der Waals surface area contributed by atoms with Crippen LogP contribution in [-0.2, 0) is 11.2 Å². The Balaban J connectivity index is 1.96. The zero-order valence-corrected chi connectivity index (χ0v) is 22.5. The van der Waals surface area contributed by atoms with Gasteiger partial charge in [0, 0.05) is 0 Å². The van der Waals surface area contributed by atoms with Gasteiger partial charge in [-0.15, -0.1) is 11.5 Å². The monoisotopic (exact) mass is 512 g/mol. The fourth-order valence-corrected chi connectivity index (χ4v) is 5.30. The van der Waals surface area contributed by atoms with Crippen molar-refractivity contribution in [1.29, 1.82) is 0 Å². The molecule has 9 heteroatoms. The number of esters is 1. The highest BCUT2D eigenvalue weighted by Crippen LogP contribution is 2.37. The number of nitrogens with zero attached hydrogens (tertiary/aromatic N) is 4. The summed E-state index contributed by atoms with van der Waals surface area (Å²) in [6.07, 6.45) is 10.6. The van der Waals surface area contributed by atoms with Crippen LogP contribution >= 0.6 is 11.3 Å². The summed E-state index contributed by atoms with van der Waals surface area (Å²) in [5, 5.41) is 8.99. The Bertz CT molecular complexity index is 1070. The summed E-state index contributed by atoms with van der Waals surface area (Å²) in [4.78, 5) is 30.2. The molecule has 2 amide bonds. The van der Waals surface area contributed by atoms with Crippen molar-refractivity contribution in [3.63, 3.8) is 0 Å². The number of rotatable bonds is 13. The van der Waals surface area contributed by atoms with Gasteiger partial charge in [0.2, 0.25) is 11.4 Å². The molecule has 36 heavy (non-hydrogen) atoms. The van der Waals surface area contributed by atoms with Crippen LogP contribution in [0.25, 0.3) is 0 Å². The molecular formula is C27H36N4O4S. The number of carbonyl (C=O) groups excluding carboxylic acids is 2. The molecule has 1 unspecified atom stereocenters. The van der Waals surface area contributed by atoms with Crippen molar-refractivity contribution >= 4 is 28.5 Å². The topological polar surface area (TPSA) is 84.9 Å². The summed E-state index contributed by atoms with van der Waals surface area (Å²) in [5.41, 5.74) is 0.594. The number of aryl methyl sites for hydroxylation is 1. The molecule has 1 aliphatic heterocycles. The molecule has 0 spiro atoms. The first-order chi connectivity index (χ1) is 17.4. The number of carbonyl (C=O) groups is 2. The van der Waals surface area contributed by atoms with Crippen molar-refractivity contribution in [3.05, 3.63) is 35.4 Å². The normalized spacial score (nSPS) is 15.8. The lowest BCUT2D eigenvalue weighted by atomic mass is 9.88. The van der Waals surface area contributed by atoms with E-state index in [1.165, 1.54) is 4.90 Å². The fraction of sp³-hybridized carbons (Fsp3) is 0.556. The summed E-state index contributed by atoms with van der Waals surface area (Å²) in [6, 6.07) is 6.99. The third kappa shape index (κ3) is 5.81. The van der Waals surface area contributed by atoms with Crippen LogP contribution in [-0.4, -0.2) is 52.0 Å². The number of anilines is 1. The largest absolute Gasteiger partial charge is 0.469 e. The van der Waals surface area contributed by atoms with Gasteiger partial charge >= 0.3 is 12.0 Å². The molecule has 0 aliphatic carbocycles. The molecule has 1 saturated heterocycles. The molecule has 1 aromatic heterocycles. The van der Waals surface area contributed by atoms with Gasteiger partial charge in [-0.3, -0.25) is 0 Å². The van der Waals surface area contributed by atoms with Gasteiger partial charge in [0.25, 0.3) is 5.19 Å². The number of hydrogen-bond acceptors (Lipinski definition) is 7. The molecule has 194 valence electrons. The molecule has 1 aromatic carbocycles. The first kappa shape index (κ1) is 27.5. The summed E-state index contributed by atoms with van der Waals surface area (Å²) in [7, 11) is 0. The number of amides is 2. The van der Waals surface area contributed by atoms with Gasteiger partial charge in [0.1, 0.15) is 5.54 Å². The lowest BCUT2D eigenvalue weighted by Crippen LogP contribution is -2.49. The minimum absolute atomic E-state index is 0.147. The molecule has 3 rings (SSSR count). The van der Waals surface area contributed by atoms with Crippen LogP contribution in [0.1, 0.15) is 82.1 Å². The summed E-state index contributed by atoms with van der Waals surface area (Å²) < 4.78 is 11.6. The summed E-state index contributed by atoms with van der Waals surface area (Å²) in [5.74, 6) is 2.42. The van der Waals surface area contributed by atoms with Crippen LogP contribution in [0.15, 0.2) is 24.3 Å². The van der Waals surface area contributed by atoms with Crippen LogP contribution in [0.3, 0.4) is 0 Å². The third-order valence-corrected chi connectivity index (χ3v) is 7.20. The second-order valence-electron chi connectivity index (χ2n) is 8.86. The Labute approximate surface area is 218 Å². The molecule has 0 saturated carbocycles. The average molecular weight is 513 g/mol. The Kier molecular flexibility index (Phi) is 9.71. The average Bonchev–Trinajstić information content (AvgIpc) is 3.47. The van der Waals surface area contributed by atoms with Gasteiger partial charge in [-0.1, -0.05) is 76.2 Å². The smallest absolute Gasteiger partial charge is 0.340 e. The molecule has 1 fully saturated rings. The van der Waals surface area contributed by atoms with E-state index in [9.17, 15) is 9.59 Å². The SMILES string of the molecule is C#CC(CCC)(CCC)N1CC(OC(=O)c2ccccc2CC)N(c2nnc(OCCCC)s2)C1=O. The van der Waals surface area contributed by atoms with Crippen molar-refractivity contribution in [2.75, 3.05) is 18.1 Å². The number of benzene rings is 1. The van der Waals surface area contributed by atoms with Crippen LogP contribution < -0.4 is 9.64 Å². The molecule has 0 N–H and O–H groups in total. The molecule has 0 radical (unpaired) electrons. The van der Waals surface area contributed by atoms with E-state index in [2.05, 4.69) is 23.0 Å². The predicted octanol–water partition coefficient (Wildman–Crippen LogP) is 5.68. The minimum atomic E-state index is -0.896. The van der Waals surface area contributed by atoms with E-state index < -0.39 is 17.7 Å². The number of hydrogen-bond donors (Lipinski definition) is 0. The standard InChI is InChI=1S/C27H36N4O4S/c1-6-11-18-34-25-29-28-24(36-25)31-22(35-23(32)21-15-13-12-14-20(21)9-4)19-30(26(31)33)27(10-5,16-7-2)17-8-3/h5,12-15,22H,6-9,11,16-19H2,1-4H3. The molecule has 1 atom stereocenters. The van der Waals surface area contributed by atoms with Crippen molar-refractivity contribution < 1.29 is 19.1 Å². The number of terminal acetylenes is 1. The van der Waals surface area contributed by atoms with Gasteiger partial charge in [0.15, 0.2) is 0 Å². The van der Waals surface area contributed by atoms with Crippen molar-refractivity contribution in [1.82, 2.24) is 15.1 Å². The second kappa shape index (κ2) is 12.7. The van der Waals surface area contributed by atoms with E-state index in [-0.39, 0.29) is 12.6 Å². The fourth-order valence-electron chi connectivity index (χ4n) is 4.54. The first-order valence-corrected chi connectivity index (χ1v) is 13.6. The van der Waals surface area contributed by atoms with Gasteiger partial charge in [0.05, 0.1) is 18.7 Å². The third-order valence-electron chi connectivity index (χ3n) is 6.36.